The third-order valence-corrected chi connectivity index (χ3v) is 6.25. The Morgan fingerprint density at radius 3 is 2.40 bits per heavy atom. The van der Waals surface area contributed by atoms with Crippen molar-refractivity contribution in [1.29, 1.82) is 0 Å². The van der Waals surface area contributed by atoms with E-state index in [1.165, 1.54) is 4.90 Å². The van der Waals surface area contributed by atoms with Gasteiger partial charge < -0.3 is 14.9 Å². The predicted molar refractivity (Wildman–Crippen MR) is 119 cm³/mol. The summed E-state index contributed by atoms with van der Waals surface area (Å²) in [5, 5.41) is 13.8. The van der Waals surface area contributed by atoms with Crippen LogP contribution < -0.4 is 10.0 Å². The van der Waals surface area contributed by atoms with Crippen molar-refractivity contribution in [2.45, 2.75) is 19.9 Å². The fourth-order valence-corrected chi connectivity index (χ4v) is 4.31. The van der Waals surface area contributed by atoms with E-state index in [4.69, 9.17) is 11.6 Å². The molecule has 1 aliphatic rings. The number of quaternary nitrogens is 1. The van der Waals surface area contributed by atoms with Gasteiger partial charge in [-0.15, -0.1) is 0 Å². The summed E-state index contributed by atoms with van der Waals surface area (Å²) in [5.74, 6) is -1.79. The van der Waals surface area contributed by atoms with Gasteiger partial charge in [-0.25, -0.2) is 0 Å². The highest BCUT2D eigenvalue weighted by Crippen LogP contribution is 2.39. The van der Waals surface area contributed by atoms with Crippen molar-refractivity contribution in [2.75, 3.05) is 26.2 Å². The van der Waals surface area contributed by atoms with Crippen LogP contribution in [0.3, 0.4) is 0 Å². The number of carbonyl (C=O) groups is 2. The molecule has 30 heavy (non-hydrogen) atoms. The molecule has 0 spiro atoms. The SMILES string of the molecule is CC[NH+](CC)CCN1C(=O)C(=O)/C(=C(/[O-])c2ccc(Cl)cc2)C1c1cccc(Br)c1. The molecule has 1 amide bonds. The molecular formula is C23H24BrClN2O3. The van der Waals surface area contributed by atoms with Gasteiger partial charge in [-0.1, -0.05) is 57.6 Å². The quantitative estimate of drug-likeness (QED) is 0.367. The Hall–Kier alpha value is -2.15. The molecule has 1 N–H and O–H groups in total. The Morgan fingerprint density at radius 2 is 1.80 bits per heavy atom. The first-order valence-electron chi connectivity index (χ1n) is 9.98. The average Bonchev–Trinajstić information content (AvgIpc) is 2.99. The predicted octanol–water partition coefficient (Wildman–Crippen LogP) is 2.25. The number of hydrogen-bond acceptors (Lipinski definition) is 3. The summed E-state index contributed by atoms with van der Waals surface area (Å²) in [5.41, 5.74) is 1.07. The van der Waals surface area contributed by atoms with Gasteiger partial charge in [0.15, 0.2) is 0 Å². The second-order valence-electron chi connectivity index (χ2n) is 7.24. The van der Waals surface area contributed by atoms with Crippen molar-refractivity contribution in [1.82, 2.24) is 4.90 Å². The van der Waals surface area contributed by atoms with Crippen molar-refractivity contribution in [3.63, 3.8) is 0 Å². The van der Waals surface area contributed by atoms with Gasteiger partial charge >= 0.3 is 0 Å². The number of ketones is 1. The van der Waals surface area contributed by atoms with Crippen molar-refractivity contribution in [2.24, 2.45) is 0 Å². The molecule has 0 saturated carbocycles. The standard InChI is InChI=1S/C23H24BrClN2O3/c1-3-26(4-2)12-13-27-20(16-6-5-7-17(24)14-16)19(22(29)23(27)30)21(28)15-8-10-18(25)11-9-15/h5-11,14,20,28H,3-4,12-13H2,1-2H3/b21-19+. The Morgan fingerprint density at radius 1 is 1.13 bits per heavy atom. The summed E-state index contributed by atoms with van der Waals surface area (Å²) < 4.78 is 0.819. The monoisotopic (exact) mass is 490 g/mol. The third-order valence-electron chi connectivity index (χ3n) is 5.51. The van der Waals surface area contributed by atoms with Gasteiger partial charge in [0.2, 0.25) is 5.78 Å². The van der Waals surface area contributed by atoms with Gasteiger partial charge in [0.05, 0.1) is 32.2 Å². The maximum absolute atomic E-state index is 13.3. The molecule has 5 nitrogen and oxygen atoms in total. The molecule has 2 aromatic carbocycles. The van der Waals surface area contributed by atoms with Gasteiger partial charge in [0, 0.05) is 15.1 Å². The van der Waals surface area contributed by atoms with E-state index in [0.29, 0.717) is 23.7 Å². The van der Waals surface area contributed by atoms with E-state index in [1.807, 2.05) is 24.3 Å². The smallest absolute Gasteiger partial charge is 0.295 e. The van der Waals surface area contributed by atoms with Crippen molar-refractivity contribution in [3.05, 3.63) is 74.7 Å². The number of Topliss-reactive ketones (excluding diaryl/α,β-unsaturated/α-hetero) is 1. The van der Waals surface area contributed by atoms with E-state index in [9.17, 15) is 14.7 Å². The Balaban J connectivity index is 2.09. The lowest BCUT2D eigenvalue weighted by atomic mass is 9.95. The van der Waals surface area contributed by atoms with Crippen molar-refractivity contribution in [3.8, 4) is 0 Å². The summed E-state index contributed by atoms with van der Waals surface area (Å²) in [4.78, 5) is 28.7. The molecule has 7 heteroatoms. The van der Waals surface area contributed by atoms with E-state index < -0.39 is 23.5 Å². The minimum absolute atomic E-state index is 0.00466. The molecule has 2 aromatic rings. The highest BCUT2D eigenvalue weighted by atomic mass is 79.9. The van der Waals surface area contributed by atoms with Crippen LogP contribution >= 0.6 is 27.5 Å². The van der Waals surface area contributed by atoms with Gasteiger partial charge in [-0.2, -0.15) is 0 Å². The lowest BCUT2D eigenvalue weighted by Gasteiger charge is -2.28. The number of nitrogens with zero attached hydrogens (tertiary/aromatic N) is 1. The Kier molecular flexibility index (Phi) is 7.34. The zero-order chi connectivity index (χ0) is 21.8. The molecule has 1 aliphatic heterocycles. The van der Waals surface area contributed by atoms with Gasteiger partial charge in [-0.3, -0.25) is 9.59 Å². The van der Waals surface area contributed by atoms with Crippen molar-refractivity contribution >= 4 is 45.0 Å². The first-order chi connectivity index (χ1) is 14.4. The average molecular weight is 492 g/mol. The number of benzene rings is 2. The zero-order valence-corrected chi connectivity index (χ0v) is 19.3. The fraction of sp³-hybridized carbons (Fsp3) is 0.304. The number of likely N-dealkylation sites (tertiary alicyclic amines) is 1. The molecule has 1 fully saturated rings. The number of amides is 1. The molecule has 3 rings (SSSR count). The lowest BCUT2D eigenvalue weighted by molar-refractivity contribution is -0.895. The number of halogens is 2. The molecule has 0 bridgehead atoms. The topological polar surface area (TPSA) is 64.9 Å². The second kappa shape index (κ2) is 9.77. The van der Waals surface area contributed by atoms with Crippen molar-refractivity contribution < 1.29 is 19.6 Å². The highest BCUT2D eigenvalue weighted by molar-refractivity contribution is 9.10. The minimum Gasteiger partial charge on any atom is -0.872 e. The minimum atomic E-state index is -0.727. The molecular weight excluding hydrogens is 468 g/mol. The molecule has 1 heterocycles. The molecule has 0 aliphatic carbocycles. The van der Waals surface area contributed by atoms with Crippen LogP contribution in [-0.2, 0) is 9.59 Å². The van der Waals surface area contributed by atoms with Crippen LogP contribution in [0.15, 0.2) is 58.6 Å². The number of nitrogens with one attached hydrogen (secondary N) is 1. The number of likely N-dealkylation sites (N-methyl/N-ethyl adjacent to an activating group) is 1. The second-order valence-corrected chi connectivity index (χ2v) is 8.59. The number of rotatable bonds is 7. The summed E-state index contributed by atoms with van der Waals surface area (Å²) in [7, 11) is 0. The lowest BCUT2D eigenvalue weighted by Crippen LogP contribution is -3.12. The first-order valence-corrected chi connectivity index (χ1v) is 11.2. The van der Waals surface area contributed by atoms with Crippen LogP contribution in [0.5, 0.6) is 0 Å². The number of hydrogen-bond donors (Lipinski definition) is 1. The summed E-state index contributed by atoms with van der Waals surface area (Å²) >= 11 is 9.39. The number of carbonyl (C=O) groups excluding carboxylic acids is 2. The van der Waals surface area contributed by atoms with Crippen LogP contribution in [-0.4, -0.2) is 42.8 Å². The van der Waals surface area contributed by atoms with E-state index in [1.54, 1.807) is 29.2 Å². The van der Waals surface area contributed by atoms with Crippen LogP contribution in [0.25, 0.3) is 5.76 Å². The molecule has 0 radical (unpaired) electrons. The fourth-order valence-electron chi connectivity index (χ4n) is 3.76. The first kappa shape index (κ1) is 22.5. The molecule has 158 valence electrons. The summed E-state index contributed by atoms with van der Waals surface area (Å²) in [6, 6.07) is 13.1. The largest absolute Gasteiger partial charge is 0.872 e. The van der Waals surface area contributed by atoms with E-state index in [-0.39, 0.29) is 5.57 Å². The van der Waals surface area contributed by atoms with E-state index >= 15 is 0 Å². The molecule has 1 unspecified atom stereocenters. The maximum atomic E-state index is 13.3. The zero-order valence-electron chi connectivity index (χ0n) is 17.0. The van der Waals surface area contributed by atoms with Gasteiger partial charge in [0.1, 0.15) is 0 Å². The highest BCUT2D eigenvalue weighted by Gasteiger charge is 2.44. The van der Waals surface area contributed by atoms with E-state index in [2.05, 4.69) is 29.8 Å². The van der Waals surface area contributed by atoms with Gasteiger partial charge in [-0.05, 0) is 49.2 Å². The molecule has 0 aromatic heterocycles. The van der Waals surface area contributed by atoms with E-state index in [0.717, 1.165) is 23.1 Å². The summed E-state index contributed by atoms with van der Waals surface area (Å²) in [6.07, 6.45) is 0. The maximum Gasteiger partial charge on any atom is 0.295 e. The Labute approximate surface area is 190 Å². The molecule has 1 saturated heterocycles. The molecule has 1 atom stereocenters. The van der Waals surface area contributed by atoms with Crippen LogP contribution in [0.2, 0.25) is 5.02 Å². The normalized spacial score (nSPS) is 18.4. The van der Waals surface area contributed by atoms with Gasteiger partial charge in [0.25, 0.3) is 5.91 Å². The third kappa shape index (κ3) is 4.61. The van der Waals surface area contributed by atoms with Crippen LogP contribution in [0.4, 0.5) is 0 Å². The van der Waals surface area contributed by atoms with Crippen LogP contribution in [0, 0.1) is 0 Å². The van der Waals surface area contributed by atoms with Crippen LogP contribution in [0.1, 0.15) is 31.0 Å². The summed E-state index contributed by atoms with van der Waals surface area (Å²) in [6.45, 7) is 7.13. The Bertz CT molecular complexity index is 971.